The first-order valence-electron chi connectivity index (χ1n) is 5.08. The third-order valence-corrected chi connectivity index (χ3v) is 2.91. The molecular formula is C9H17N5O. The number of carbonyl (C=O) groups excluding carboxylic acids is 1. The first-order chi connectivity index (χ1) is 7.12. The summed E-state index contributed by atoms with van der Waals surface area (Å²) in [4.78, 5) is 16.5. The van der Waals surface area contributed by atoms with Crippen LogP contribution in [0.3, 0.4) is 0 Å². The van der Waals surface area contributed by atoms with Crippen LogP contribution in [-0.4, -0.2) is 44.0 Å². The van der Waals surface area contributed by atoms with E-state index in [-0.39, 0.29) is 11.3 Å². The fraction of sp³-hybridized carbons (Fsp3) is 0.889. The molecule has 6 heteroatoms. The lowest BCUT2D eigenvalue weighted by Crippen LogP contribution is -2.39. The summed E-state index contributed by atoms with van der Waals surface area (Å²) in [6, 6.07) is 0. The molecule has 1 N–H and O–H groups in total. The van der Waals surface area contributed by atoms with Gasteiger partial charge in [0.2, 0.25) is 5.91 Å². The Bertz CT molecular complexity index is 286. The molecule has 1 heterocycles. The molecule has 0 saturated carbocycles. The molecule has 1 unspecified atom stereocenters. The van der Waals surface area contributed by atoms with Crippen LogP contribution in [0.1, 0.15) is 13.3 Å². The van der Waals surface area contributed by atoms with Crippen LogP contribution in [-0.2, 0) is 4.79 Å². The molecule has 0 aromatic carbocycles. The standard InChI is InChI=1S/C9H17N5O/c1-9(8(15)11-2)3-5-14(7-9)6-4-12-13-10/h3-7H2,1-2H3,(H,11,15). The Morgan fingerprint density at radius 3 is 3.07 bits per heavy atom. The number of hydrogen-bond donors (Lipinski definition) is 1. The van der Waals surface area contributed by atoms with E-state index in [1.165, 1.54) is 0 Å². The second-order valence-electron chi connectivity index (χ2n) is 4.12. The number of rotatable bonds is 4. The van der Waals surface area contributed by atoms with Gasteiger partial charge in [-0.15, -0.1) is 0 Å². The van der Waals surface area contributed by atoms with Gasteiger partial charge in [0.05, 0.1) is 5.41 Å². The van der Waals surface area contributed by atoms with Crippen LogP contribution in [0.2, 0.25) is 0 Å². The summed E-state index contributed by atoms with van der Waals surface area (Å²) in [7, 11) is 1.66. The third-order valence-electron chi connectivity index (χ3n) is 2.91. The Morgan fingerprint density at radius 2 is 2.47 bits per heavy atom. The highest BCUT2D eigenvalue weighted by molar-refractivity contribution is 5.82. The first-order valence-corrected chi connectivity index (χ1v) is 5.08. The molecule has 1 rings (SSSR count). The average Bonchev–Trinajstić information content (AvgIpc) is 2.61. The number of nitrogens with zero attached hydrogens (tertiary/aromatic N) is 4. The van der Waals surface area contributed by atoms with Crippen LogP contribution in [0.25, 0.3) is 10.4 Å². The normalized spacial score (nSPS) is 26.0. The zero-order valence-corrected chi connectivity index (χ0v) is 9.23. The van der Waals surface area contributed by atoms with Crippen molar-refractivity contribution >= 4 is 5.91 Å². The molecule has 15 heavy (non-hydrogen) atoms. The van der Waals surface area contributed by atoms with Crippen LogP contribution in [0, 0.1) is 5.41 Å². The van der Waals surface area contributed by atoms with Crippen molar-refractivity contribution in [3.63, 3.8) is 0 Å². The fourth-order valence-corrected chi connectivity index (χ4v) is 1.97. The second kappa shape index (κ2) is 5.00. The molecule has 6 nitrogen and oxygen atoms in total. The SMILES string of the molecule is CNC(=O)C1(C)CCN(CCN=[N+]=[N-])C1. The molecule has 1 aliphatic rings. The van der Waals surface area contributed by atoms with Crippen LogP contribution >= 0.6 is 0 Å². The van der Waals surface area contributed by atoms with Gasteiger partial charge < -0.3 is 10.2 Å². The summed E-state index contributed by atoms with van der Waals surface area (Å²) < 4.78 is 0. The predicted molar refractivity (Wildman–Crippen MR) is 57.2 cm³/mol. The van der Waals surface area contributed by atoms with Crippen molar-refractivity contribution in [2.45, 2.75) is 13.3 Å². The van der Waals surface area contributed by atoms with Gasteiger partial charge in [-0.25, -0.2) is 0 Å². The summed E-state index contributed by atoms with van der Waals surface area (Å²) in [5.74, 6) is 0.0915. The molecule has 1 atom stereocenters. The molecule has 1 aliphatic heterocycles. The number of nitrogens with one attached hydrogen (secondary N) is 1. The Hall–Kier alpha value is -1.26. The lowest BCUT2D eigenvalue weighted by molar-refractivity contribution is -0.129. The lowest BCUT2D eigenvalue weighted by Gasteiger charge is -2.22. The number of carbonyl (C=O) groups is 1. The van der Waals surface area contributed by atoms with Gasteiger partial charge in [-0.2, -0.15) is 0 Å². The molecule has 0 radical (unpaired) electrons. The molecule has 0 spiro atoms. The van der Waals surface area contributed by atoms with Crippen LogP contribution in [0.15, 0.2) is 5.11 Å². The molecule has 0 aromatic rings. The van der Waals surface area contributed by atoms with Gasteiger partial charge in [0.1, 0.15) is 0 Å². The van der Waals surface area contributed by atoms with Crippen molar-refractivity contribution in [3.05, 3.63) is 10.4 Å². The van der Waals surface area contributed by atoms with Gasteiger partial charge in [-0.3, -0.25) is 4.79 Å². The summed E-state index contributed by atoms with van der Waals surface area (Å²) in [5, 5.41) is 6.17. The van der Waals surface area contributed by atoms with Gasteiger partial charge in [-0.05, 0) is 25.4 Å². The summed E-state index contributed by atoms with van der Waals surface area (Å²) in [6.07, 6.45) is 0.864. The van der Waals surface area contributed by atoms with Gasteiger partial charge in [0.25, 0.3) is 0 Å². The van der Waals surface area contributed by atoms with Crippen LogP contribution in [0.5, 0.6) is 0 Å². The third kappa shape index (κ3) is 2.84. The van der Waals surface area contributed by atoms with Crippen molar-refractivity contribution in [2.75, 3.05) is 33.2 Å². The van der Waals surface area contributed by atoms with Gasteiger partial charge in [0.15, 0.2) is 0 Å². The van der Waals surface area contributed by atoms with Gasteiger partial charge >= 0.3 is 0 Å². The Balaban J connectivity index is 2.44. The van der Waals surface area contributed by atoms with E-state index < -0.39 is 0 Å². The minimum Gasteiger partial charge on any atom is -0.359 e. The molecule has 1 saturated heterocycles. The molecule has 0 aromatic heterocycles. The molecule has 1 amide bonds. The van der Waals surface area contributed by atoms with E-state index in [1.807, 2.05) is 6.92 Å². The summed E-state index contributed by atoms with van der Waals surface area (Å²) in [5.41, 5.74) is 7.86. The monoisotopic (exact) mass is 211 g/mol. The van der Waals surface area contributed by atoms with Crippen molar-refractivity contribution in [2.24, 2.45) is 10.5 Å². The second-order valence-corrected chi connectivity index (χ2v) is 4.12. The van der Waals surface area contributed by atoms with Crippen LogP contribution in [0.4, 0.5) is 0 Å². The average molecular weight is 211 g/mol. The highest BCUT2D eigenvalue weighted by Gasteiger charge is 2.39. The Morgan fingerprint density at radius 1 is 1.73 bits per heavy atom. The Labute approximate surface area is 89.3 Å². The smallest absolute Gasteiger partial charge is 0.227 e. The maximum Gasteiger partial charge on any atom is 0.227 e. The predicted octanol–water partition coefficient (Wildman–Crippen LogP) is 0.755. The quantitative estimate of drug-likeness (QED) is 0.423. The highest BCUT2D eigenvalue weighted by atomic mass is 16.2. The topological polar surface area (TPSA) is 81.1 Å². The first kappa shape index (κ1) is 11.8. The van der Waals surface area contributed by atoms with E-state index in [4.69, 9.17) is 5.53 Å². The van der Waals surface area contributed by atoms with Crippen molar-refractivity contribution < 1.29 is 4.79 Å². The van der Waals surface area contributed by atoms with Crippen molar-refractivity contribution in [1.82, 2.24) is 10.2 Å². The van der Waals surface area contributed by atoms with Crippen molar-refractivity contribution in [3.8, 4) is 0 Å². The summed E-state index contributed by atoms with van der Waals surface area (Å²) >= 11 is 0. The highest BCUT2D eigenvalue weighted by Crippen LogP contribution is 2.29. The van der Waals surface area contributed by atoms with E-state index in [9.17, 15) is 4.79 Å². The number of hydrogen-bond acceptors (Lipinski definition) is 3. The van der Waals surface area contributed by atoms with E-state index in [0.29, 0.717) is 6.54 Å². The minimum absolute atomic E-state index is 0.0915. The lowest BCUT2D eigenvalue weighted by atomic mass is 9.89. The summed E-state index contributed by atoms with van der Waals surface area (Å²) in [6.45, 7) is 4.81. The molecular weight excluding hydrogens is 194 g/mol. The van der Waals surface area contributed by atoms with E-state index >= 15 is 0 Å². The largest absolute Gasteiger partial charge is 0.359 e. The molecule has 1 fully saturated rings. The minimum atomic E-state index is -0.287. The van der Waals surface area contributed by atoms with Crippen LogP contribution < -0.4 is 5.32 Å². The van der Waals surface area contributed by atoms with Gasteiger partial charge in [-0.1, -0.05) is 5.11 Å². The number of azide groups is 1. The zero-order valence-electron chi connectivity index (χ0n) is 9.23. The van der Waals surface area contributed by atoms with Gasteiger partial charge in [0, 0.05) is 31.6 Å². The maximum absolute atomic E-state index is 11.6. The van der Waals surface area contributed by atoms with E-state index in [2.05, 4.69) is 20.2 Å². The maximum atomic E-state index is 11.6. The molecule has 0 aliphatic carbocycles. The zero-order chi connectivity index (χ0) is 11.3. The number of likely N-dealkylation sites (tertiary alicyclic amines) is 1. The molecule has 84 valence electrons. The Kier molecular flexibility index (Phi) is 3.94. The van der Waals surface area contributed by atoms with Crippen molar-refractivity contribution in [1.29, 1.82) is 0 Å². The van der Waals surface area contributed by atoms with E-state index in [0.717, 1.165) is 26.1 Å². The fourth-order valence-electron chi connectivity index (χ4n) is 1.97. The molecule has 0 bridgehead atoms. The van der Waals surface area contributed by atoms with E-state index in [1.54, 1.807) is 7.05 Å². The number of amides is 1.